The lowest BCUT2D eigenvalue weighted by Crippen LogP contribution is -2.42. The molecule has 1 amide bonds. The predicted molar refractivity (Wildman–Crippen MR) is 57.1 cm³/mol. The van der Waals surface area contributed by atoms with E-state index in [9.17, 15) is 18.0 Å². The molecule has 4 N–H and O–H groups in total. The summed E-state index contributed by atoms with van der Waals surface area (Å²) in [6.07, 6.45) is 0.0662. The monoisotopic (exact) mass is 252 g/mol. The van der Waals surface area contributed by atoms with Crippen molar-refractivity contribution in [1.29, 1.82) is 0 Å². The molecule has 0 aromatic carbocycles. The van der Waals surface area contributed by atoms with Gasteiger partial charge >= 0.3 is 5.97 Å². The van der Waals surface area contributed by atoms with Gasteiger partial charge in [-0.3, -0.25) is 9.59 Å². The van der Waals surface area contributed by atoms with Gasteiger partial charge in [-0.05, 0) is 12.8 Å². The number of sulfonamides is 1. The van der Waals surface area contributed by atoms with Crippen molar-refractivity contribution >= 4 is 21.9 Å². The van der Waals surface area contributed by atoms with E-state index in [1.807, 2.05) is 4.72 Å². The maximum Gasteiger partial charge on any atom is 0.321 e. The number of nitrogens with one attached hydrogen (secondary N) is 1. The fourth-order valence-corrected chi connectivity index (χ4v) is 2.37. The van der Waals surface area contributed by atoms with E-state index < -0.39 is 27.9 Å². The summed E-state index contributed by atoms with van der Waals surface area (Å²) in [5.74, 6) is -2.13. The van der Waals surface area contributed by atoms with Crippen molar-refractivity contribution in [2.75, 3.05) is 5.75 Å². The van der Waals surface area contributed by atoms with E-state index >= 15 is 0 Å². The highest BCUT2D eigenvalue weighted by atomic mass is 32.2. The lowest BCUT2D eigenvalue weighted by Gasteiger charge is -2.13. The summed E-state index contributed by atoms with van der Waals surface area (Å²) in [5.41, 5.74) is 4.85. The average molecular weight is 252 g/mol. The van der Waals surface area contributed by atoms with Gasteiger partial charge < -0.3 is 10.8 Å². The van der Waals surface area contributed by atoms with Crippen LogP contribution in [0.1, 0.15) is 26.2 Å². The number of carboxylic acid groups (broad SMARTS) is 1. The summed E-state index contributed by atoms with van der Waals surface area (Å²) in [4.78, 5) is 21.2. The minimum Gasteiger partial charge on any atom is -0.480 e. The number of amides is 1. The quantitative estimate of drug-likeness (QED) is 0.512. The van der Waals surface area contributed by atoms with Crippen LogP contribution in [0.2, 0.25) is 0 Å². The smallest absolute Gasteiger partial charge is 0.321 e. The first-order valence-corrected chi connectivity index (χ1v) is 6.45. The van der Waals surface area contributed by atoms with Gasteiger partial charge in [-0.1, -0.05) is 6.92 Å². The molecule has 0 aliphatic carbocycles. The van der Waals surface area contributed by atoms with Crippen molar-refractivity contribution < 1.29 is 23.1 Å². The van der Waals surface area contributed by atoms with E-state index in [0.29, 0.717) is 6.42 Å². The fraction of sp³-hybridized carbons (Fsp3) is 0.750. The molecule has 0 aliphatic rings. The van der Waals surface area contributed by atoms with Gasteiger partial charge in [-0.15, -0.1) is 0 Å². The Morgan fingerprint density at radius 3 is 2.38 bits per heavy atom. The van der Waals surface area contributed by atoms with Crippen LogP contribution >= 0.6 is 0 Å². The third-order valence-electron chi connectivity index (χ3n) is 1.77. The van der Waals surface area contributed by atoms with Crippen molar-refractivity contribution in [1.82, 2.24) is 4.72 Å². The Labute approximate surface area is 94.1 Å². The number of carbonyl (C=O) groups is 2. The molecule has 0 saturated carbocycles. The number of primary amides is 1. The van der Waals surface area contributed by atoms with Crippen LogP contribution in [0.5, 0.6) is 0 Å². The number of hydrogen-bond donors (Lipinski definition) is 3. The van der Waals surface area contributed by atoms with Gasteiger partial charge in [0.1, 0.15) is 6.04 Å². The van der Waals surface area contributed by atoms with Crippen molar-refractivity contribution in [3.05, 3.63) is 0 Å². The van der Waals surface area contributed by atoms with E-state index in [1.165, 1.54) is 0 Å². The van der Waals surface area contributed by atoms with Gasteiger partial charge in [-0.2, -0.15) is 0 Å². The van der Waals surface area contributed by atoms with Gasteiger partial charge in [0.25, 0.3) is 0 Å². The SMILES string of the molecule is CCCS(=O)(=O)NC(CCC(N)=O)C(=O)O. The Hall–Kier alpha value is -1.15. The molecule has 0 rings (SSSR count). The zero-order valence-electron chi connectivity index (χ0n) is 8.97. The Morgan fingerprint density at radius 2 is 2.00 bits per heavy atom. The Kier molecular flexibility index (Phi) is 5.97. The summed E-state index contributed by atoms with van der Waals surface area (Å²) >= 11 is 0. The van der Waals surface area contributed by atoms with Crippen LogP contribution in [0.25, 0.3) is 0 Å². The molecule has 0 aromatic rings. The molecule has 0 fully saturated rings. The Morgan fingerprint density at radius 1 is 1.44 bits per heavy atom. The molecule has 1 atom stereocenters. The van der Waals surface area contributed by atoms with E-state index in [2.05, 4.69) is 0 Å². The van der Waals surface area contributed by atoms with Crippen LogP contribution in [0, 0.1) is 0 Å². The normalized spacial score (nSPS) is 13.3. The molecule has 16 heavy (non-hydrogen) atoms. The van der Waals surface area contributed by atoms with Crippen LogP contribution in [-0.4, -0.2) is 37.2 Å². The molecule has 8 heteroatoms. The molecule has 7 nitrogen and oxygen atoms in total. The summed E-state index contributed by atoms with van der Waals surface area (Å²) < 4.78 is 24.6. The number of rotatable bonds is 8. The largest absolute Gasteiger partial charge is 0.480 e. The number of aliphatic carboxylic acids is 1. The molecular weight excluding hydrogens is 236 g/mol. The molecule has 0 heterocycles. The molecule has 0 saturated heterocycles. The summed E-state index contributed by atoms with van der Waals surface area (Å²) in [5, 5.41) is 8.74. The first kappa shape index (κ1) is 14.8. The van der Waals surface area contributed by atoms with Gasteiger partial charge in [0.15, 0.2) is 0 Å². The van der Waals surface area contributed by atoms with Gasteiger partial charge in [0, 0.05) is 6.42 Å². The second-order valence-corrected chi connectivity index (χ2v) is 5.21. The first-order valence-electron chi connectivity index (χ1n) is 4.79. The van der Waals surface area contributed by atoms with Gasteiger partial charge in [0.2, 0.25) is 15.9 Å². The van der Waals surface area contributed by atoms with Crippen molar-refractivity contribution in [2.24, 2.45) is 5.73 Å². The second-order valence-electron chi connectivity index (χ2n) is 3.33. The van der Waals surface area contributed by atoms with E-state index in [4.69, 9.17) is 10.8 Å². The van der Waals surface area contributed by atoms with Crippen LogP contribution < -0.4 is 10.5 Å². The summed E-state index contributed by atoms with van der Waals surface area (Å²) in [7, 11) is -3.61. The molecule has 94 valence electrons. The highest BCUT2D eigenvalue weighted by Gasteiger charge is 2.23. The van der Waals surface area contributed by atoms with Crippen molar-refractivity contribution in [3.63, 3.8) is 0 Å². The topological polar surface area (TPSA) is 127 Å². The van der Waals surface area contributed by atoms with E-state index in [-0.39, 0.29) is 18.6 Å². The Bertz CT molecular complexity index is 351. The third-order valence-corrected chi connectivity index (χ3v) is 3.36. The van der Waals surface area contributed by atoms with Crippen LogP contribution in [0.3, 0.4) is 0 Å². The standard InChI is InChI=1S/C8H16N2O5S/c1-2-5-16(14,15)10-6(8(12)13)3-4-7(9)11/h6,10H,2-5H2,1H3,(H2,9,11)(H,12,13). The maximum atomic E-state index is 11.3. The lowest BCUT2D eigenvalue weighted by atomic mass is 10.2. The molecule has 0 aromatic heterocycles. The molecule has 0 spiro atoms. The minimum atomic E-state index is -3.61. The molecular formula is C8H16N2O5S. The summed E-state index contributed by atoms with van der Waals surface area (Å²) in [6, 6.07) is -1.30. The zero-order chi connectivity index (χ0) is 12.8. The first-order chi connectivity index (χ1) is 7.28. The Balaban J connectivity index is 4.45. The number of hydrogen-bond acceptors (Lipinski definition) is 4. The van der Waals surface area contributed by atoms with E-state index in [0.717, 1.165) is 0 Å². The van der Waals surface area contributed by atoms with Gasteiger partial charge in [-0.25, -0.2) is 13.1 Å². The van der Waals surface area contributed by atoms with Crippen LogP contribution in [-0.2, 0) is 19.6 Å². The second kappa shape index (κ2) is 6.44. The average Bonchev–Trinajstić information content (AvgIpc) is 2.11. The highest BCUT2D eigenvalue weighted by molar-refractivity contribution is 7.89. The van der Waals surface area contributed by atoms with Crippen LogP contribution in [0.4, 0.5) is 0 Å². The fourth-order valence-electron chi connectivity index (χ4n) is 1.06. The summed E-state index contributed by atoms with van der Waals surface area (Å²) in [6.45, 7) is 1.67. The lowest BCUT2D eigenvalue weighted by molar-refractivity contribution is -0.139. The van der Waals surface area contributed by atoms with Gasteiger partial charge in [0.05, 0.1) is 5.75 Å². The molecule has 0 aliphatic heterocycles. The third kappa shape index (κ3) is 6.36. The molecule has 0 bridgehead atoms. The number of carbonyl (C=O) groups excluding carboxylic acids is 1. The number of nitrogens with two attached hydrogens (primary N) is 1. The minimum absolute atomic E-state index is 0.145. The maximum absolute atomic E-state index is 11.3. The van der Waals surface area contributed by atoms with Crippen molar-refractivity contribution in [2.45, 2.75) is 32.2 Å². The van der Waals surface area contributed by atoms with Crippen LogP contribution in [0.15, 0.2) is 0 Å². The predicted octanol–water partition coefficient (Wildman–Crippen LogP) is -0.965. The van der Waals surface area contributed by atoms with Crippen molar-refractivity contribution in [3.8, 4) is 0 Å². The van der Waals surface area contributed by atoms with E-state index in [1.54, 1.807) is 6.92 Å². The zero-order valence-corrected chi connectivity index (χ0v) is 9.79. The molecule has 0 radical (unpaired) electrons. The molecule has 1 unspecified atom stereocenters. The number of carboxylic acids is 1. The highest BCUT2D eigenvalue weighted by Crippen LogP contribution is 2.01.